The van der Waals surface area contributed by atoms with Crippen LogP contribution in [-0.2, 0) is 4.84 Å². The summed E-state index contributed by atoms with van der Waals surface area (Å²) in [6.45, 7) is 2.00. The molecule has 0 spiro atoms. The summed E-state index contributed by atoms with van der Waals surface area (Å²) < 4.78 is 0. The standard InChI is InChI=1S/C11H18N4O3/c1-3-7-13-18-8-9-10(14(2)12)5-4-6-11(9)15(16)17/h4,6-7,10H,3,5,8,12H2,1-2H3. The summed E-state index contributed by atoms with van der Waals surface area (Å²) in [6.07, 6.45) is 6.21. The van der Waals surface area contributed by atoms with E-state index in [1.807, 2.05) is 6.92 Å². The largest absolute Gasteiger partial charge is 0.391 e. The second-order valence-electron chi connectivity index (χ2n) is 3.96. The molecule has 0 aliphatic heterocycles. The summed E-state index contributed by atoms with van der Waals surface area (Å²) in [5.41, 5.74) is 0.580. The summed E-state index contributed by atoms with van der Waals surface area (Å²) in [6, 6.07) is -0.229. The van der Waals surface area contributed by atoms with E-state index in [2.05, 4.69) is 5.16 Å². The lowest BCUT2D eigenvalue weighted by Crippen LogP contribution is -2.41. The first-order valence-electron chi connectivity index (χ1n) is 5.73. The van der Waals surface area contributed by atoms with Gasteiger partial charge in [-0.1, -0.05) is 18.2 Å². The molecule has 0 aromatic rings. The van der Waals surface area contributed by atoms with Crippen molar-refractivity contribution in [2.24, 2.45) is 11.0 Å². The van der Waals surface area contributed by atoms with Crippen molar-refractivity contribution in [3.05, 3.63) is 33.5 Å². The molecule has 1 aliphatic rings. The highest BCUT2D eigenvalue weighted by Crippen LogP contribution is 2.23. The van der Waals surface area contributed by atoms with E-state index < -0.39 is 4.92 Å². The average molecular weight is 254 g/mol. The van der Waals surface area contributed by atoms with Crippen LogP contribution in [-0.4, -0.2) is 35.8 Å². The molecule has 1 unspecified atom stereocenters. The zero-order valence-electron chi connectivity index (χ0n) is 10.6. The fourth-order valence-corrected chi connectivity index (χ4v) is 1.72. The van der Waals surface area contributed by atoms with Gasteiger partial charge in [-0.05, 0) is 12.8 Å². The molecule has 7 nitrogen and oxygen atoms in total. The highest BCUT2D eigenvalue weighted by atomic mass is 16.6. The average Bonchev–Trinajstić information content (AvgIpc) is 2.34. The molecule has 0 bridgehead atoms. The maximum absolute atomic E-state index is 11.0. The predicted molar refractivity (Wildman–Crippen MR) is 68.3 cm³/mol. The molecule has 0 amide bonds. The van der Waals surface area contributed by atoms with Gasteiger partial charge < -0.3 is 4.84 Å². The SMILES string of the molecule is CCC=NOCC1=C([N+](=O)[O-])C=CCC1N(C)N. The van der Waals surface area contributed by atoms with Crippen molar-refractivity contribution in [3.63, 3.8) is 0 Å². The van der Waals surface area contributed by atoms with Gasteiger partial charge >= 0.3 is 0 Å². The van der Waals surface area contributed by atoms with E-state index >= 15 is 0 Å². The minimum atomic E-state index is -0.422. The Balaban J connectivity index is 2.88. The summed E-state index contributed by atoms with van der Waals surface area (Å²) >= 11 is 0. The zero-order chi connectivity index (χ0) is 13.5. The number of hydrogen-bond acceptors (Lipinski definition) is 6. The maximum Gasteiger partial charge on any atom is 0.273 e. The molecule has 0 radical (unpaired) electrons. The zero-order valence-corrected chi connectivity index (χ0v) is 10.6. The van der Waals surface area contributed by atoms with Crippen molar-refractivity contribution in [2.45, 2.75) is 25.8 Å². The number of nitro groups is 1. The molecule has 100 valence electrons. The number of likely N-dealkylation sites (N-methyl/N-ethyl adjacent to an activating group) is 1. The lowest BCUT2D eigenvalue weighted by Gasteiger charge is -2.26. The monoisotopic (exact) mass is 254 g/mol. The lowest BCUT2D eigenvalue weighted by atomic mass is 9.97. The van der Waals surface area contributed by atoms with Gasteiger partial charge in [-0.2, -0.15) is 0 Å². The smallest absolute Gasteiger partial charge is 0.273 e. The molecule has 0 aromatic heterocycles. The Hall–Kier alpha value is -1.73. The third-order valence-electron chi connectivity index (χ3n) is 2.61. The molecule has 0 fully saturated rings. The van der Waals surface area contributed by atoms with E-state index in [4.69, 9.17) is 10.7 Å². The number of nitrogens with zero attached hydrogens (tertiary/aromatic N) is 3. The second kappa shape index (κ2) is 6.87. The van der Waals surface area contributed by atoms with Gasteiger partial charge in [0.25, 0.3) is 5.70 Å². The van der Waals surface area contributed by atoms with Crippen molar-refractivity contribution in [3.8, 4) is 0 Å². The van der Waals surface area contributed by atoms with E-state index in [1.165, 1.54) is 11.1 Å². The molecule has 1 atom stereocenters. The van der Waals surface area contributed by atoms with Gasteiger partial charge in [0.1, 0.15) is 6.61 Å². The molecule has 2 N–H and O–H groups in total. The Bertz CT molecular complexity index is 388. The van der Waals surface area contributed by atoms with E-state index in [1.54, 1.807) is 19.3 Å². The summed E-state index contributed by atoms with van der Waals surface area (Å²) in [5, 5.41) is 16.1. The number of oxime groups is 1. The van der Waals surface area contributed by atoms with E-state index in [9.17, 15) is 10.1 Å². The third kappa shape index (κ3) is 3.64. The minimum absolute atomic E-state index is 0.0373. The van der Waals surface area contributed by atoms with Gasteiger partial charge in [-0.3, -0.25) is 16.0 Å². The highest BCUT2D eigenvalue weighted by Gasteiger charge is 2.29. The van der Waals surface area contributed by atoms with Crippen molar-refractivity contribution < 1.29 is 9.76 Å². The molecular weight excluding hydrogens is 236 g/mol. The third-order valence-corrected chi connectivity index (χ3v) is 2.61. The first kappa shape index (κ1) is 14.3. The Labute approximate surface area is 106 Å². The molecule has 1 rings (SSSR count). The lowest BCUT2D eigenvalue weighted by molar-refractivity contribution is -0.421. The summed E-state index contributed by atoms with van der Waals surface area (Å²) in [7, 11) is 1.68. The molecule has 1 aliphatic carbocycles. The van der Waals surface area contributed by atoms with Crippen LogP contribution < -0.4 is 5.84 Å². The van der Waals surface area contributed by atoms with Gasteiger partial charge in [0.05, 0.1) is 16.5 Å². The van der Waals surface area contributed by atoms with Crippen LogP contribution >= 0.6 is 0 Å². The van der Waals surface area contributed by atoms with Gasteiger partial charge in [-0.15, -0.1) is 0 Å². The van der Waals surface area contributed by atoms with Gasteiger partial charge in [-0.25, -0.2) is 5.01 Å². The van der Waals surface area contributed by atoms with Crippen LogP contribution in [0, 0.1) is 10.1 Å². The predicted octanol–water partition coefficient (Wildman–Crippen LogP) is 1.06. The second-order valence-corrected chi connectivity index (χ2v) is 3.96. The van der Waals surface area contributed by atoms with Crippen molar-refractivity contribution in [1.82, 2.24) is 5.01 Å². The first-order chi connectivity index (χ1) is 8.57. The quantitative estimate of drug-likeness (QED) is 0.331. The van der Waals surface area contributed by atoms with Crippen molar-refractivity contribution in [2.75, 3.05) is 13.7 Å². The molecule has 7 heteroatoms. The summed E-state index contributed by atoms with van der Waals surface area (Å²) in [5.74, 6) is 5.70. The van der Waals surface area contributed by atoms with Crippen molar-refractivity contribution in [1.29, 1.82) is 0 Å². The van der Waals surface area contributed by atoms with Crippen molar-refractivity contribution >= 4 is 6.21 Å². The molecule has 0 aromatic carbocycles. The van der Waals surface area contributed by atoms with E-state index in [0.717, 1.165) is 6.42 Å². The van der Waals surface area contributed by atoms with Gasteiger partial charge in [0.15, 0.2) is 0 Å². The van der Waals surface area contributed by atoms with Crippen LogP contribution in [0.5, 0.6) is 0 Å². The number of nitrogens with two attached hydrogens (primary N) is 1. The summed E-state index contributed by atoms with van der Waals surface area (Å²) in [4.78, 5) is 15.6. The highest BCUT2D eigenvalue weighted by molar-refractivity contribution is 5.55. The number of allylic oxidation sites excluding steroid dienone is 1. The van der Waals surface area contributed by atoms with Crippen LogP contribution in [0.1, 0.15) is 19.8 Å². The minimum Gasteiger partial charge on any atom is -0.391 e. The maximum atomic E-state index is 11.0. The molecule has 0 heterocycles. The number of rotatable bonds is 6. The van der Waals surface area contributed by atoms with Crippen LogP contribution in [0.3, 0.4) is 0 Å². The Morgan fingerprint density at radius 1 is 1.78 bits per heavy atom. The first-order valence-corrected chi connectivity index (χ1v) is 5.73. The van der Waals surface area contributed by atoms with Crippen LogP contribution in [0.4, 0.5) is 0 Å². The topological polar surface area (TPSA) is 94.0 Å². The van der Waals surface area contributed by atoms with E-state index in [-0.39, 0.29) is 18.3 Å². The van der Waals surface area contributed by atoms with Gasteiger partial charge in [0, 0.05) is 19.3 Å². The Kier molecular flexibility index (Phi) is 5.47. The normalized spacial score (nSPS) is 19.9. The van der Waals surface area contributed by atoms with Crippen LogP contribution in [0.25, 0.3) is 0 Å². The molecule has 0 saturated carbocycles. The molecule has 18 heavy (non-hydrogen) atoms. The fourth-order valence-electron chi connectivity index (χ4n) is 1.72. The van der Waals surface area contributed by atoms with Crippen LogP contribution in [0.2, 0.25) is 0 Å². The number of hydrogen-bond donors (Lipinski definition) is 1. The molecular formula is C11H18N4O3. The fraction of sp³-hybridized carbons (Fsp3) is 0.545. The van der Waals surface area contributed by atoms with Crippen LogP contribution in [0.15, 0.2) is 28.6 Å². The Morgan fingerprint density at radius 3 is 3.06 bits per heavy atom. The van der Waals surface area contributed by atoms with E-state index in [0.29, 0.717) is 12.0 Å². The molecule has 0 saturated heterocycles. The Morgan fingerprint density at radius 2 is 2.50 bits per heavy atom. The number of hydrazine groups is 1. The van der Waals surface area contributed by atoms with Gasteiger partial charge in [0.2, 0.25) is 0 Å².